The lowest BCUT2D eigenvalue weighted by Gasteiger charge is -2.24. The molecule has 0 saturated carbocycles. The summed E-state index contributed by atoms with van der Waals surface area (Å²) < 4.78 is 0. The van der Waals surface area contributed by atoms with Gasteiger partial charge in [-0.2, -0.15) is 0 Å². The molecule has 0 atom stereocenters. The summed E-state index contributed by atoms with van der Waals surface area (Å²) in [7, 11) is 0. The van der Waals surface area contributed by atoms with Crippen molar-refractivity contribution >= 4 is 21.5 Å². The molecule has 0 aromatic heterocycles. The third-order valence-corrected chi connectivity index (χ3v) is 16.7. The normalized spacial score (nSPS) is 13.6. The van der Waals surface area contributed by atoms with Crippen LogP contribution in [0.4, 0.5) is 0 Å². The third-order valence-electron chi connectivity index (χ3n) is 16.7. The van der Waals surface area contributed by atoms with Crippen molar-refractivity contribution < 1.29 is 0 Å². The molecule has 0 spiro atoms. The van der Waals surface area contributed by atoms with E-state index >= 15 is 0 Å². The SMILES string of the molecule is CC1(C)c2cc(-c3ccc(-c4ccc(-c5ccc6ccccc6c5)cc4)cc3)ccc2-c2ccc(-c3ccc4c(c3)C(C)(C)c3cc(-c5ccc(-c6ccc(-c7cccc8ccccc78)cc6)cc5)ccc3-4)cc21. The minimum atomic E-state index is -0.146. The van der Waals surface area contributed by atoms with Gasteiger partial charge in [0, 0.05) is 10.8 Å². The van der Waals surface area contributed by atoms with Crippen molar-refractivity contribution in [3.05, 3.63) is 277 Å². The zero-order chi connectivity index (χ0) is 49.7. The van der Waals surface area contributed by atoms with E-state index in [1.165, 1.54) is 144 Å². The molecule has 2 aliphatic rings. The third kappa shape index (κ3) is 7.20. The van der Waals surface area contributed by atoms with Gasteiger partial charge in [-0.3, -0.25) is 0 Å². The molecule has 0 saturated heterocycles. The fraction of sp³-hybridized carbons (Fsp3) is 0.0811. The molecule has 12 aromatic rings. The first-order chi connectivity index (χ1) is 36.1. The zero-order valence-corrected chi connectivity index (χ0v) is 42.2. The number of hydrogen-bond donors (Lipinski definition) is 0. The van der Waals surface area contributed by atoms with Gasteiger partial charge in [-0.05, 0) is 174 Å². The predicted molar refractivity (Wildman–Crippen MR) is 315 cm³/mol. The number of hydrogen-bond acceptors (Lipinski definition) is 0. The summed E-state index contributed by atoms with van der Waals surface area (Å²) in [5.74, 6) is 0. The van der Waals surface area contributed by atoms with Gasteiger partial charge in [0.25, 0.3) is 0 Å². The summed E-state index contributed by atoms with van der Waals surface area (Å²) in [6.45, 7) is 9.59. The summed E-state index contributed by atoms with van der Waals surface area (Å²) in [4.78, 5) is 0. The van der Waals surface area contributed by atoms with Crippen LogP contribution in [0.2, 0.25) is 0 Å². The molecule has 0 amide bonds. The van der Waals surface area contributed by atoms with Crippen molar-refractivity contribution in [2.75, 3.05) is 0 Å². The molecule has 350 valence electrons. The van der Waals surface area contributed by atoms with Crippen molar-refractivity contribution in [1.82, 2.24) is 0 Å². The van der Waals surface area contributed by atoms with Gasteiger partial charge in [0.2, 0.25) is 0 Å². The van der Waals surface area contributed by atoms with Crippen molar-refractivity contribution in [3.63, 3.8) is 0 Å². The van der Waals surface area contributed by atoms with E-state index in [-0.39, 0.29) is 10.8 Å². The summed E-state index contributed by atoms with van der Waals surface area (Å²) in [6.07, 6.45) is 0. The Morgan fingerprint density at radius 1 is 0.189 bits per heavy atom. The van der Waals surface area contributed by atoms with Gasteiger partial charge >= 0.3 is 0 Å². The first kappa shape index (κ1) is 43.9. The van der Waals surface area contributed by atoms with Gasteiger partial charge in [-0.25, -0.2) is 0 Å². The molecular weight excluding hydrogens is 889 g/mol. The molecule has 0 unspecified atom stereocenters. The van der Waals surface area contributed by atoms with Crippen LogP contribution in [0.25, 0.3) is 122 Å². The highest BCUT2D eigenvalue weighted by Gasteiger charge is 2.38. The monoisotopic (exact) mass is 942 g/mol. The van der Waals surface area contributed by atoms with E-state index in [1.807, 2.05) is 0 Å². The van der Waals surface area contributed by atoms with Gasteiger partial charge in [0.05, 0.1) is 0 Å². The molecule has 74 heavy (non-hydrogen) atoms. The topological polar surface area (TPSA) is 0 Å². The molecule has 0 bridgehead atoms. The molecular formula is C74H54. The Kier molecular flexibility index (Phi) is 10.0. The van der Waals surface area contributed by atoms with Crippen LogP contribution >= 0.6 is 0 Å². The summed E-state index contributed by atoms with van der Waals surface area (Å²) in [6, 6.07) is 95.1. The molecule has 14 rings (SSSR count). The van der Waals surface area contributed by atoms with Crippen LogP contribution in [0.3, 0.4) is 0 Å². The predicted octanol–water partition coefficient (Wildman–Crippen LogP) is 20.3. The Hall–Kier alpha value is -8.84. The summed E-state index contributed by atoms with van der Waals surface area (Å²) >= 11 is 0. The Labute approximate surface area is 434 Å². The summed E-state index contributed by atoms with van der Waals surface area (Å²) in [5, 5.41) is 5.09. The van der Waals surface area contributed by atoms with E-state index in [9.17, 15) is 0 Å². The van der Waals surface area contributed by atoms with Crippen LogP contribution in [0, 0.1) is 0 Å². The minimum Gasteiger partial charge on any atom is -0.0616 e. The maximum absolute atomic E-state index is 2.47. The zero-order valence-electron chi connectivity index (χ0n) is 42.2. The Bertz CT molecular complexity index is 4180. The highest BCUT2D eigenvalue weighted by molar-refractivity contribution is 5.97. The molecule has 0 aliphatic heterocycles. The van der Waals surface area contributed by atoms with Crippen LogP contribution in [-0.2, 0) is 10.8 Å². The van der Waals surface area contributed by atoms with E-state index < -0.39 is 0 Å². The van der Waals surface area contributed by atoms with Gasteiger partial charge in [0.1, 0.15) is 0 Å². The molecule has 2 aliphatic carbocycles. The quantitative estimate of drug-likeness (QED) is 0.149. The average Bonchev–Trinajstić information content (AvgIpc) is 3.83. The highest BCUT2D eigenvalue weighted by atomic mass is 14.4. The fourth-order valence-electron chi connectivity index (χ4n) is 12.4. The molecule has 0 radical (unpaired) electrons. The van der Waals surface area contributed by atoms with E-state index in [4.69, 9.17) is 0 Å². The van der Waals surface area contributed by atoms with Crippen LogP contribution in [-0.4, -0.2) is 0 Å². The van der Waals surface area contributed by atoms with Crippen molar-refractivity contribution in [2.45, 2.75) is 38.5 Å². The number of fused-ring (bicyclic) bond motifs is 8. The van der Waals surface area contributed by atoms with E-state index in [1.54, 1.807) is 0 Å². The maximum Gasteiger partial charge on any atom is 0.0159 e. The van der Waals surface area contributed by atoms with Crippen molar-refractivity contribution in [2.24, 2.45) is 0 Å². The fourth-order valence-corrected chi connectivity index (χ4v) is 12.4. The number of rotatable bonds is 7. The largest absolute Gasteiger partial charge is 0.0616 e. The van der Waals surface area contributed by atoms with E-state index in [0.717, 1.165) is 0 Å². The Morgan fingerprint density at radius 3 is 0.892 bits per heavy atom. The van der Waals surface area contributed by atoms with Crippen LogP contribution in [0.15, 0.2) is 255 Å². The van der Waals surface area contributed by atoms with Gasteiger partial charge in [-0.1, -0.05) is 252 Å². The van der Waals surface area contributed by atoms with Gasteiger partial charge in [-0.15, -0.1) is 0 Å². The van der Waals surface area contributed by atoms with E-state index in [2.05, 4.69) is 282 Å². The first-order valence-electron chi connectivity index (χ1n) is 26.1. The molecule has 0 heterocycles. The summed E-state index contributed by atoms with van der Waals surface area (Å²) in [5.41, 5.74) is 28.0. The van der Waals surface area contributed by atoms with Crippen molar-refractivity contribution in [3.8, 4) is 100 Å². The molecule has 0 heteroatoms. The second-order valence-electron chi connectivity index (χ2n) is 21.7. The second kappa shape index (κ2) is 16.9. The molecule has 12 aromatic carbocycles. The molecule has 0 N–H and O–H groups in total. The highest BCUT2D eigenvalue weighted by Crippen LogP contribution is 2.53. The standard InChI is InChI=1S/C74H54/c1-73(2)69-43-59(53-24-18-49(19-25-53)48-16-22-52(23-17-48)58-33-30-47-10-5-6-12-57(47)42-58)34-38-65(69)67-40-36-61(45-71(67)73)62-37-41-68-66-39-35-60(44-70(66)74(3,4)72(68)46-62)54-26-20-50(21-27-54)51-28-31-56(32-29-51)64-15-9-13-55-11-7-8-14-63(55)64/h5-46H,1-4H3. The van der Waals surface area contributed by atoms with Gasteiger partial charge < -0.3 is 0 Å². The molecule has 0 fully saturated rings. The molecule has 0 nitrogen and oxygen atoms in total. The van der Waals surface area contributed by atoms with Gasteiger partial charge in [0.15, 0.2) is 0 Å². The lowest BCUT2D eigenvalue weighted by Crippen LogP contribution is -2.15. The first-order valence-corrected chi connectivity index (χ1v) is 26.1. The maximum atomic E-state index is 2.47. The average molecular weight is 943 g/mol. The lowest BCUT2D eigenvalue weighted by atomic mass is 9.79. The van der Waals surface area contributed by atoms with Crippen LogP contribution in [0.1, 0.15) is 49.9 Å². The number of benzene rings is 12. The Balaban J connectivity index is 0.686. The lowest BCUT2D eigenvalue weighted by molar-refractivity contribution is 0.660. The van der Waals surface area contributed by atoms with Crippen molar-refractivity contribution in [1.29, 1.82) is 0 Å². The smallest absolute Gasteiger partial charge is 0.0159 e. The second-order valence-corrected chi connectivity index (χ2v) is 21.7. The minimum absolute atomic E-state index is 0.146. The van der Waals surface area contributed by atoms with E-state index in [0.29, 0.717) is 0 Å². The van der Waals surface area contributed by atoms with Crippen LogP contribution < -0.4 is 0 Å². The van der Waals surface area contributed by atoms with Crippen LogP contribution in [0.5, 0.6) is 0 Å². The Morgan fingerprint density at radius 2 is 0.473 bits per heavy atom.